The van der Waals surface area contributed by atoms with Crippen LogP contribution in [0.15, 0.2) is 18.2 Å². The molecule has 1 aliphatic rings. The number of amides is 1. The van der Waals surface area contributed by atoms with Crippen LogP contribution in [-0.4, -0.2) is 34.8 Å². The van der Waals surface area contributed by atoms with Crippen molar-refractivity contribution in [2.24, 2.45) is 0 Å². The lowest BCUT2D eigenvalue weighted by atomic mass is 10.1. The minimum Gasteiger partial charge on any atom is -0.358 e. The Morgan fingerprint density at radius 1 is 1.33 bits per heavy atom. The number of aromatic nitrogens is 1. The number of nitrogens with one attached hydrogen (secondary N) is 1. The number of H-pyrrole nitrogens is 1. The van der Waals surface area contributed by atoms with Crippen LogP contribution in [0.1, 0.15) is 29.7 Å². The van der Waals surface area contributed by atoms with Crippen LogP contribution < -0.4 is 0 Å². The summed E-state index contributed by atoms with van der Waals surface area (Å²) in [4.78, 5) is 17.7. The number of aromatic amines is 1. The molecule has 112 valence electrons. The van der Waals surface area contributed by atoms with E-state index in [1.807, 2.05) is 4.90 Å². The van der Waals surface area contributed by atoms with Gasteiger partial charge in [-0.2, -0.15) is 0 Å². The molecule has 3 nitrogen and oxygen atoms in total. The second kappa shape index (κ2) is 6.10. The second-order valence-corrected chi connectivity index (χ2v) is 6.18. The molecule has 1 N–H and O–H groups in total. The highest BCUT2D eigenvalue weighted by Gasteiger charge is 2.20. The molecule has 0 aliphatic carbocycles. The van der Waals surface area contributed by atoms with Crippen LogP contribution in [0, 0.1) is 6.92 Å². The van der Waals surface area contributed by atoms with Crippen LogP contribution in [0.5, 0.6) is 0 Å². The Labute approximate surface area is 130 Å². The fourth-order valence-electron chi connectivity index (χ4n) is 3.15. The average molecular weight is 305 g/mol. The Bertz CT molecular complexity index is 662. The number of rotatable bonds is 3. The summed E-state index contributed by atoms with van der Waals surface area (Å²) in [6, 6.07) is 6.54. The van der Waals surface area contributed by atoms with Crippen LogP contribution in [-0.2, 0) is 17.6 Å². The summed E-state index contributed by atoms with van der Waals surface area (Å²) in [5.41, 5.74) is 5.18. The molecule has 1 aliphatic heterocycles. The molecule has 1 amide bonds. The van der Waals surface area contributed by atoms with Crippen LogP contribution >= 0.6 is 11.6 Å². The second-order valence-electron chi connectivity index (χ2n) is 5.80. The molecule has 2 heterocycles. The first-order valence-electron chi connectivity index (χ1n) is 7.63. The van der Waals surface area contributed by atoms with E-state index in [0.717, 1.165) is 32.4 Å². The van der Waals surface area contributed by atoms with E-state index in [0.29, 0.717) is 12.3 Å². The van der Waals surface area contributed by atoms with E-state index in [4.69, 9.17) is 11.6 Å². The molecule has 0 atom stereocenters. The van der Waals surface area contributed by atoms with Gasteiger partial charge >= 0.3 is 0 Å². The topological polar surface area (TPSA) is 36.1 Å². The van der Waals surface area contributed by atoms with Gasteiger partial charge < -0.3 is 9.88 Å². The van der Waals surface area contributed by atoms with Crippen molar-refractivity contribution in [3.63, 3.8) is 0 Å². The number of alkyl halides is 1. The van der Waals surface area contributed by atoms with E-state index in [-0.39, 0.29) is 5.91 Å². The summed E-state index contributed by atoms with van der Waals surface area (Å²) < 4.78 is 0. The van der Waals surface area contributed by atoms with Crippen LogP contribution in [0.2, 0.25) is 0 Å². The van der Waals surface area contributed by atoms with E-state index in [1.165, 1.54) is 27.7 Å². The van der Waals surface area contributed by atoms with Gasteiger partial charge in [0.2, 0.25) is 5.91 Å². The Hall–Kier alpha value is -1.48. The summed E-state index contributed by atoms with van der Waals surface area (Å²) in [5.74, 6) is 0.795. The van der Waals surface area contributed by atoms with E-state index < -0.39 is 0 Å². The third-order valence-electron chi connectivity index (χ3n) is 4.29. The summed E-state index contributed by atoms with van der Waals surface area (Å²) >= 11 is 5.68. The van der Waals surface area contributed by atoms with E-state index in [1.54, 1.807) is 0 Å². The van der Waals surface area contributed by atoms with E-state index in [2.05, 4.69) is 30.1 Å². The minimum absolute atomic E-state index is 0.237. The van der Waals surface area contributed by atoms with Gasteiger partial charge in [0, 0.05) is 48.4 Å². The first kappa shape index (κ1) is 14.5. The molecule has 2 aromatic rings. The molecule has 0 bridgehead atoms. The zero-order chi connectivity index (χ0) is 14.8. The molecule has 0 saturated carbocycles. The number of hydrogen-bond donors (Lipinski definition) is 1. The zero-order valence-electron chi connectivity index (χ0n) is 12.4. The molecule has 1 aromatic carbocycles. The molecule has 4 heteroatoms. The number of aryl methyl sites for hydroxylation is 1. The van der Waals surface area contributed by atoms with Crippen LogP contribution in [0.25, 0.3) is 10.9 Å². The zero-order valence-corrected chi connectivity index (χ0v) is 13.2. The van der Waals surface area contributed by atoms with Crippen molar-refractivity contribution in [1.29, 1.82) is 0 Å². The lowest BCUT2D eigenvalue weighted by Gasteiger charge is -2.20. The number of carbonyl (C=O) groups excluding carboxylic acids is 1. The van der Waals surface area contributed by atoms with Crippen molar-refractivity contribution in [2.45, 2.75) is 32.6 Å². The maximum Gasteiger partial charge on any atom is 0.222 e. The summed E-state index contributed by atoms with van der Waals surface area (Å²) in [5, 5.41) is 1.32. The highest BCUT2D eigenvalue weighted by atomic mass is 35.5. The lowest BCUT2D eigenvalue weighted by Crippen LogP contribution is -2.33. The van der Waals surface area contributed by atoms with Crippen molar-refractivity contribution in [1.82, 2.24) is 9.88 Å². The molecule has 21 heavy (non-hydrogen) atoms. The van der Waals surface area contributed by atoms with Gasteiger partial charge in [-0.25, -0.2) is 0 Å². The van der Waals surface area contributed by atoms with Crippen LogP contribution in [0.3, 0.4) is 0 Å². The first-order valence-corrected chi connectivity index (χ1v) is 8.16. The highest BCUT2D eigenvalue weighted by molar-refractivity contribution is 6.17. The molecule has 0 spiro atoms. The minimum atomic E-state index is 0.237. The van der Waals surface area contributed by atoms with Gasteiger partial charge in [-0.05, 0) is 37.5 Å². The van der Waals surface area contributed by atoms with Gasteiger partial charge in [0.15, 0.2) is 0 Å². The molecule has 1 aromatic heterocycles. The van der Waals surface area contributed by atoms with Gasteiger partial charge in [0.1, 0.15) is 0 Å². The molecule has 0 fully saturated rings. The van der Waals surface area contributed by atoms with E-state index >= 15 is 0 Å². The third-order valence-corrected chi connectivity index (χ3v) is 4.56. The van der Waals surface area contributed by atoms with Crippen molar-refractivity contribution in [2.75, 3.05) is 19.0 Å². The quantitative estimate of drug-likeness (QED) is 0.867. The monoisotopic (exact) mass is 304 g/mol. The average Bonchev–Trinajstić information content (AvgIpc) is 2.68. The fraction of sp³-hybridized carbons (Fsp3) is 0.471. The van der Waals surface area contributed by atoms with Crippen molar-refractivity contribution >= 4 is 28.4 Å². The third kappa shape index (κ3) is 2.93. The van der Waals surface area contributed by atoms with Gasteiger partial charge in [-0.15, -0.1) is 11.6 Å². The van der Waals surface area contributed by atoms with Crippen molar-refractivity contribution in [3.05, 3.63) is 35.0 Å². The predicted octanol–water partition coefficient (Wildman–Crippen LogP) is 3.42. The molecule has 0 saturated heterocycles. The maximum atomic E-state index is 12.2. The normalized spacial score (nSPS) is 15.0. The van der Waals surface area contributed by atoms with Gasteiger partial charge in [-0.3, -0.25) is 4.79 Å². The standard InChI is InChI=1S/C17H21ClN2O/c1-12-4-5-15-14(11-12)13-6-9-20(10-7-16(13)19-15)17(21)3-2-8-18/h4-5,11,19H,2-3,6-10H2,1H3. The molecule has 0 unspecified atom stereocenters. The molecule has 0 radical (unpaired) electrons. The van der Waals surface area contributed by atoms with Crippen molar-refractivity contribution < 1.29 is 4.79 Å². The number of nitrogens with zero attached hydrogens (tertiary/aromatic N) is 1. The number of benzene rings is 1. The Morgan fingerprint density at radius 2 is 2.14 bits per heavy atom. The number of fused-ring (bicyclic) bond motifs is 3. The van der Waals surface area contributed by atoms with Crippen molar-refractivity contribution in [3.8, 4) is 0 Å². The summed E-state index contributed by atoms with van der Waals surface area (Å²) in [6.07, 6.45) is 3.18. The molecular weight excluding hydrogens is 284 g/mol. The Balaban J connectivity index is 1.80. The van der Waals surface area contributed by atoms with E-state index in [9.17, 15) is 4.79 Å². The number of halogens is 1. The van der Waals surface area contributed by atoms with Gasteiger partial charge in [-0.1, -0.05) is 11.6 Å². The molecular formula is C17H21ClN2O. The van der Waals surface area contributed by atoms with Gasteiger partial charge in [0.05, 0.1) is 0 Å². The van der Waals surface area contributed by atoms with Gasteiger partial charge in [0.25, 0.3) is 0 Å². The smallest absolute Gasteiger partial charge is 0.222 e. The fourth-order valence-corrected chi connectivity index (χ4v) is 3.28. The first-order chi connectivity index (χ1) is 10.2. The Morgan fingerprint density at radius 3 is 2.95 bits per heavy atom. The summed E-state index contributed by atoms with van der Waals surface area (Å²) in [6.45, 7) is 3.74. The predicted molar refractivity (Wildman–Crippen MR) is 87.0 cm³/mol. The Kier molecular flexibility index (Phi) is 4.20. The number of hydrogen-bond acceptors (Lipinski definition) is 1. The maximum absolute atomic E-state index is 12.2. The largest absolute Gasteiger partial charge is 0.358 e. The highest BCUT2D eigenvalue weighted by Crippen LogP contribution is 2.26. The van der Waals surface area contributed by atoms with Crippen LogP contribution in [0.4, 0.5) is 0 Å². The SMILES string of the molecule is Cc1ccc2[nH]c3c(c2c1)CCN(C(=O)CCCCl)CC3. The summed E-state index contributed by atoms with van der Waals surface area (Å²) in [7, 11) is 0. The number of carbonyl (C=O) groups is 1. The lowest BCUT2D eigenvalue weighted by molar-refractivity contribution is -0.131. The molecule has 3 rings (SSSR count).